The number of hydrogen-bond acceptors (Lipinski definition) is 7. The van der Waals surface area contributed by atoms with Crippen molar-refractivity contribution in [3.05, 3.63) is 71.2 Å². The molecule has 0 radical (unpaired) electrons. The molecule has 2 aromatic heterocycles. The summed E-state index contributed by atoms with van der Waals surface area (Å²) in [4.78, 5) is 33.2. The summed E-state index contributed by atoms with van der Waals surface area (Å²) in [5.74, 6) is -1.75. The van der Waals surface area contributed by atoms with Crippen LogP contribution in [0, 0.1) is 24.0 Å². The normalized spacial score (nSPS) is 18.1. The van der Waals surface area contributed by atoms with E-state index in [1.54, 1.807) is 6.20 Å². The van der Waals surface area contributed by atoms with Crippen LogP contribution < -0.4 is 0 Å². The first-order valence-corrected chi connectivity index (χ1v) is 13.7. The van der Waals surface area contributed by atoms with E-state index in [-0.39, 0.29) is 41.4 Å². The molecule has 0 amide bonds. The topological polar surface area (TPSA) is 96.5 Å². The number of aromatic nitrogens is 2. The number of ketones is 2. The van der Waals surface area contributed by atoms with Gasteiger partial charge in [-0.25, -0.2) is 8.78 Å². The monoisotopic (exact) mass is 551 g/mol. The molecule has 9 heteroatoms. The van der Waals surface area contributed by atoms with Gasteiger partial charge in [-0.2, -0.15) is 0 Å². The van der Waals surface area contributed by atoms with Gasteiger partial charge in [0.25, 0.3) is 0 Å². The fraction of sp³-hybridized carbons (Fsp3) is 0.484. The smallest absolute Gasteiger partial charge is 0.185 e. The van der Waals surface area contributed by atoms with Crippen molar-refractivity contribution in [2.45, 2.75) is 70.3 Å². The number of β-amino-alcohol motifs (C(OH)–C–C–N with tert-alkyl or cyclic N) is 1. The number of carbonyl (C=O) groups is 2. The van der Waals surface area contributed by atoms with Crippen LogP contribution in [-0.4, -0.2) is 56.9 Å². The van der Waals surface area contributed by atoms with Gasteiger partial charge in [0, 0.05) is 68.3 Å². The summed E-state index contributed by atoms with van der Waals surface area (Å²) in [6.07, 6.45) is 4.87. The van der Waals surface area contributed by atoms with Gasteiger partial charge in [-0.1, -0.05) is 19.0 Å². The molecular formula is C31H35F2N3O4. The zero-order valence-corrected chi connectivity index (χ0v) is 23.2. The predicted octanol–water partition coefficient (Wildman–Crippen LogP) is 5.44. The number of Topliss-reactive ketones (excluding diaryl/α,β-unsaturated/α-hetero) is 2. The van der Waals surface area contributed by atoms with Crippen molar-refractivity contribution < 1.29 is 28.0 Å². The minimum atomic E-state index is -0.812. The molecule has 1 aromatic carbocycles. The van der Waals surface area contributed by atoms with Crippen molar-refractivity contribution in [2.75, 3.05) is 19.6 Å². The van der Waals surface area contributed by atoms with E-state index in [9.17, 15) is 23.5 Å². The lowest BCUT2D eigenvalue weighted by Gasteiger charge is -2.53. The zero-order valence-electron chi connectivity index (χ0n) is 23.2. The Bertz CT molecular complexity index is 1420. The molecule has 7 nitrogen and oxygen atoms in total. The SMILES string of the molecule is Cc1cc(C(C)(C)CC(=O)CC2(CC(=O)c3cc(-c4ccc(F)cc4F)on3)CN(CC3(O)CCC3)C2)ccn1. The quantitative estimate of drug-likeness (QED) is 0.317. The third kappa shape index (κ3) is 6.05. The van der Waals surface area contributed by atoms with E-state index in [4.69, 9.17) is 4.52 Å². The minimum absolute atomic E-state index is 0.00924. The first-order valence-electron chi connectivity index (χ1n) is 13.7. The van der Waals surface area contributed by atoms with Crippen LogP contribution in [0.4, 0.5) is 8.78 Å². The number of benzene rings is 1. The highest BCUT2D eigenvalue weighted by atomic mass is 19.1. The molecule has 1 aliphatic carbocycles. The van der Waals surface area contributed by atoms with Crippen LogP contribution >= 0.6 is 0 Å². The van der Waals surface area contributed by atoms with Crippen LogP contribution in [0.2, 0.25) is 0 Å². The molecule has 3 heterocycles. The second-order valence-corrected chi connectivity index (χ2v) is 12.5. The first-order chi connectivity index (χ1) is 18.9. The molecule has 0 spiro atoms. The highest BCUT2D eigenvalue weighted by molar-refractivity contribution is 5.96. The number of nitrogens with zero attached hydrogens (tertiary/aromatic N) is 3. The molecule has 1 saturated heterocycles. The molecule has 1 N–H and O–H groups in total. The third-order valence-electron chi connectivity index (χ3n) is 8.34. The van der Waals surface area contributed by atoms with Gasteiger partial charge in [-0.3, -0.25) is 19.5 Å². The Morgan fingerprint density at radius 3 is 2.50 bits per heavy atom. The number of hydrogen-bond donors (Lipinski definition) is 1. The fourth-order valence-corrected chi connectivity index (χ4v) is 6.16. The molecule has 2 aliphatic rings. The number of likely N-dealkylation sites (tertiary alicyclic amines) is 1. The summed E-state index contributed by atoms with van der Waals surface area (Å²) in [7, 11) is 0. The van der Waals surface area contributed by atoms with E-state index in [1.807, 2.05) is 32.9 Å². The average Bonchev–Trinajstić information content (AvgIpc) is 3.32. The van der Waals surface area contributed by atoms with Gasteiger partial charge in [0.1, 0.15) is 23.1 Å². The number of aliphatic hydroxyl groups is 1. The van der Waals surface area contributed by atoms with Crippen molar-refractivity contribution in [3.8, 4) is 11.3 Å². The molecule has 0 atom stereocenters. The molecular weight excluding hydrogens is 516 g/mol. The Morgan fingerprint density at radius 1 is 1.10 bits per heavy atom. The van der Waals surface area contributed by atoms with Gasteiger partial charge in [-0.05, 0) is 61.4 Å². The maximum absolute atomic E-state index is 14.2. The fourth-order valence-electron chi connectivity index (χ4n) is 6.16. The van der Waals surface area contributed by atoms with E-state index in [2.05, 4.69) is 15.0 Å². The average molecular weight is 552 g/mol. The summed E-state index contributed by atoms with van der Waals surface area (Å²) >= 11 is 0. The number of halogens is 2. The van der Waals surface area contributed by atoms with Gasteiger partial charge >= 0.3 is 0 Å². The van der Waals surface area contributed by atoms with Crippen molar-refractivity contribution in [1.82, 2.24) is 15.0 Å². The van der Waals surface area contributed by atoms with Gasteiger partial charge in [0.15, 0.2) is 11.5 Å². The standard InChI is InChI=1S/C31H35F2N3O4/c1-20-11-21(7-10-34-20)29(2,3)14-23(37)15-30(17-36(18-30)19-31(39)8-4-9-31)16-27(38)26-13-28(40-35-26)24-6-5-22(32)12-25(24)33/h5-7,10-13,39H,4,8-9,14-19H2,1-3H3. The van der Waals surface area contributed by atoms with Gasteiger partial charge in [0.05, 0.1) is 11.2 Å². The van der Waals surface area contributed by atoms with E-state index >= 15 is 0 Å². The van der Waals surface area contributed by atoms with Crippen LogP contribution in [0.3, 0.4) is 0 Å². The maximum Gasteiger partial charge on any atom is 0.185 e. The Labute approximate surface area is 232 Å². The lowest BCUT2D eigenvalue weighted by Crippen LogP contribution is -2.62. The molecule has 5 rings (SSSR count). The predicted molar refractivity (Wildman–Crippen MR) is 145 cm³/mol. The van der Waals surface area contributed by atoms with Crippen molar-refractivity contribution >= 4 is 11.6 Å². The minimum Gasteiger partial charge on any atom is -0.389 e. The molecule has 212 valence electrons. The Kier molecular flexibility index (Phi) is 7.48. The highest BCUT2D eigenvalue weighted by Crippen LogP contribution is 2.43. The Hall–Kier alpha value is -3.30. The van der Waals surface area contributed by atoms with Crippen LogP contribution in [0.15, 0.2) is 47.1 Å². The molecule has 1 aliphatic heterocycles. The van der Waals surface area contributed by atoms with E-state index in [1.165, 1.54) is 12.1 Å². The van der Waals surface area contributed by atoms with Crippen LogP contribution in [-0.2, 0) is 10.2 Å². The van der Waals surface area contributed by atoms with Crippen molar-refractivity contribution in [3.63, 3.8) is 0 Å². The second kappa shape index (κ2) is 10.6. The van der Waals surface area contributed by atoms with Crippen LogP contribution in [0.5, 0.6) is 0 Å². The summed E-state index contributed by atoms with van der Waals surface area (Å²) < 4.78 is 32.8. The highest BCUT2D eigenvalue weighted by Gasteiger charge is 2.49. The van der Waals surface area contributed by atoms with Crippen LogP contribution in [0.25, 0.3) is 11.3 Å². The number of aryl methyl sites for hydroxylation is 1. The molecule has 40 heavy (non-hydrogen) atoms. The number of pyridine rings is 1. The third-order valence-corrected chi connectivity index (χ3v) is 8.34. The number of rotatable bonds is 11. The van der Waals surface area contributed by atoms with Crippen molar-refractivity contribution in [2.24, 2.45) is 5.41 Å². The van der Waals surface area contributed by atoms with Gasteiger partial charge in [0.2, 0.25) is 0 Å². The Morgan fingerprint density at radius 2 is 1.85 bits per heavy atom. The van der Waals surface area contributed by atoms with E-state index in [0.717, 1.165) is 42.7 Å². The second-order valence-electron chi connectivity index (χ2n) is 12.5. The number of carbonyl (C=O) groups excluding carboxylic acids is 2. The molecule has 1 saturated carbocycles. The van der Waals surface area contributed by atoms with Crippen molar-refractivity contribution in [1.29, 1.82) is 0 Å². The van der Waals surface area contributed by atoms with E-state index in [0.29, 0.717) is 26.1 Å². The maximum atomic E-state index is 14.2. The summed E-state index contributed by atoms with van der Waals surface area (Å²) in [5, 5.41) is 14.5. The summed E-state index contributed by atoms with van der Waals surface area (Å²) in [6, 6.07) is 8.36. The molecule has 0 bridgehead atoms. The summed E-state index contributed by atoms with van der Waals surface area (Å²) in [5.41, 5.74) is 0.269. The zero-order chi connectivity index (χ0) is 28.7. The lowest BCUT2D eigenvalue weighted by molar-refractivity contribution is -0.131. The first kappa shape index (κ1) is 28.2. The largest absolute Gasteiger partial charge is 0.389 e. The molecule has 2 fully saturated rings. The van der Waals surface area contributed by atoms with Crippen LogP contribution in [0.1, 0.15) is 74.1 Å². The lowest BCUT2D eigenvalue weighted by atomic mass is 9.68. The van der Waals surface area contributed by atoms with Gasteiger partial charge < -0.3 is 9.63 Å². The van der Waals surface area contributed by atoms with Gasteiger partial charge in [-0.15, -0.1) is 0 Å². The van der Waals surface area contributed by atoms with E-state index < -0.39 is 28.1 Å². The molecule has 0 unspecified atom stereocenters. The Balaban J connectivity index is 1.30. The molecule has 3 aromatic rings. The summed E-state index contributed by atoms with van der Waals surface area (Å²) in [6.45, 7) is 7.53.